The molecule has 1 heterocycles. The summed E-state index contributed by atoms with van der Waals surface area (Å²) in [5.41, 5.74) is 0.909. The van der Waals surface area contributed by atoms with Gasteiger partial charge in [0, 0.05) is 10.0 Å². The molecule has 0 amide bonds. The summed E-state index contributed by atoms with van der Waals surface area (Å²) in [4.78, 5) is 19.4. The van der Waals surface area contributed by atoms with E-state index >= 15 is 0 Å². The summed E-state index contributed by atoms with van der Waals surface area (Å²) >= 11 is 3.21. The van der Waals surface area contributed by atoms with Crippen molar-refractivity contribution >= 4 is 33.8 Å². The first kappa shape index (κ1) is 15.9. The highest BCUT2D eigenvalue weighted by Gasteiger charge is 2.10. The van der Waals surface area contributed by atoms with Gasteiger partial charge in [-0.1, -0.05) is 46.3 Å². The van der Waals surface area contributed by atoms with Gasteiger partial charge in [0.05, 0.1) is 23.4 Å². The van der Waals surface area contributed by atoms with Gasteiger partial charge in [-0.05, 0) is 18.2 Å². The Labute approximate surface area is 145 Å². The molecule has 7 heteroatoms. The molecule has 0 aliphatic heterocycles. The summed E-state index contributed by atoms with van der Waals surface area (Å²) in [6.45, 7) is 0. The lowest BCUT2D eigenvalue weighted by Gasteiger charge is -2.01. The number of nitrogens with zero attached hydrogens (tertiary/aromatic N) is 2. The average Bonchev–Trinajstić information content (AvgIpc) is 2.95. The maximum atomic E-state index is 11.9. The maximum absolute atomic E-state index is 11.9. The zero-order chi connectivity index (χ0) is 17.1. The van der Waals surface area contributed by atoms with E-state index in [1.165, 1.54) is 18.3 Å². The van der Waals surface area contributed by atoms with Gasteiger partial charge in [-0.15, -0.1) is 0 Å². The van der Waals surface area contributed by atoms with Gasteiger partial charge in [-0.3, -0.25) is 4.99 Å². The predicted octanol–water partition coefficient (Wildman–Crippen LogP) is 3.63. The number of hydrogen-bond donors (Lipinski definition) is 1. The van der Waals surface area contributed by atoms with Crippen LogP contribution in [0.15, 0.2) is 62.4 Å². The van der Waals surface area contributed by atoms with E-state index in [0.29, 0.717) is 10.0 Å². The summed E-state index contributed by atoms with van der Waals surface area (Å²) in [7, 11) is 0. The standard InChI is InChI=1S/C17H11BrN2O4/c18-11-6-7-13(12(8-11)16(21)22)19-9-14-17(23)24-15(20-14)10-4-2-1-3-5-10/h1-9,23H,(H,21,22)/p-1. The van der Waals surface area contributed by atoms with Crippen LogP contribution >= 0.6 is 15.9 Å². The van der Waals surface area contributed by atoms with E-state index in [2.05, 4.69) is 25.9 Å². The Balaban J connectivity index is 1.94. The van der Waals surface area contributed by atoms with Crippen molar-refractivity contribution in [1.29, 1.82) is 0 Å². The molecule has 1 N–H and O–H groups in total. The molecule has 0 fully saturated rings. The molecule has 0 unspecified atom stereocenters. The molecule has 0 spiro atoms. The molecule has 3 rings (SSSR count). The van der Waals surface area contributed by atoms with E-state index in [1.54, 1.807) is 30.3 Å². The predicted molar refractivity (Wildman–Crippen MR) is 89.7 cm³/mol. The average molecular weight is 386 g/mol. The number of aromatic carboxylic acids is 1. The zero-order valence-electron chi connectivity index (χ0n) is 12.1. The molecule has 0 saturated carbocycles. The third-order valence-corrected chi connectivity index (χ3v) is 3.65. The first-order chi connectivity index (χ1) is 11.5. The fraction of sp³-hybridized carbons (Fsp3) is 0. The van der Waals surface area contributed by atoms with Crippen molar-refractivity contribution in [3.05, 3.63) is 64.3 Å². The lowest BCUT2D eigenvalue weighted by Crippen LogP contribution is -1.97. The van der Waals surface area contributed by atoms with E-state index in [0.717, 1.165) is 0 Å². The number of aromatic nitrogens is 1. The van der Waals surface area contributed by atoms with Gasteiger partial charge >= 0.3 is 5.97 Å². The Kier molecular flexibility index (Phi) is 4.43. The van der Waals surface area contributed by atoms with E-state index < -0.39 is 11.9 Å². The third kappa shape index (κ3) is 3.36. The highest BCUT2D eigenvalue weighted by atomic mass is 79.9. The Morgan fingerprint density at radius 2 is 2.00 bits per heavy atom. The molecule has 0 atom stereocenters. The van der Waals surface area contributed by atoms with Gasteiger partial charge in [0.2, 0.25) is 0 Å². The van der Waals surface area contributed by atoms with Crippen molar-refractivity contribution in [2.45, 2.75) is 0 Å². The molecule has 3 aromatic rings. The van der Waals surface area contributed by atoms with Gasteiger partial charge in [-0.2, -0.15) is 0 Å². The van der Waals surface area contributed by atoms with Crippen molar-refractivity contribution in [2.24, 2.45) is 4.99 Å². The van der Waals surface area contributed by atoms with Gasteiger partial charge in [-0.25, -0.2) is 9.78 Å². The number of oxazole rings is 1. The molecule has 0 bridgehead atoms. The summed E-state index contributed by atoms with van der Waals surface area (Å²) in [5, 5.41) is 21.1. The van der Waals surface area contributed by atoms with Crippen LogP contribution in [0.1, 0.15) is 16.1 Å². The summed E-state index contributed by atoms with van der Waals surface area (Å²) in [6, 6.07) is 13.6. The Hall–Kier alpha value is -2.93. The smallest absolute Gasteiger partial charge is 0.337 e. The molecule has 0 radical (unpaired) electrons. The molecule has 0 aliphatic rings. The van der Waals surface area contributed by atoms with Gasteiger partial charge < -0.3 is 14.6 Å². The number of carboxylic acid groups (broad SMARTS) is 1. The minimum absolute atomic E-state index is 0.00751. The van der Waals surface area contributed by atoms with Crippen LogP contribution in [0.4, 0.5) is 5.69 Å². The molecular formula is C17H10BrN2O4-. The van der Waals surface area contributed by atoms with Crippen molar-refractivity contribution < 1.29 is 19.4 Å². The van der Waals surface area contributed by atoms with Crippen LogP contribution in [-0.4, -0.2) is 22.3 Å². The quantitative estimate of drug-likeness (QED) is 0.691. The van der Waals surface area contributed by atoms with Gasteiger partial charge in [0.15, 0.2) is 0 Å². The van der Waals surface area contributed by atoms with Crippen LogP contribution in [0.5, 0.6) is 5.95 Å². The van der Waals surface area contributed by atoms with E-state index in [1.807, 2.05) is 6.07 Å². The first-order valence-corrected chi connectivity index (χ1v) is 7.64. The van der Waals surface area contributed by atoms with Crippen LogP contribution < -0.4 is 5.11 Å². The topological polar surface area (TPSA) is 98.8 Å². The van der Waals surface area contributed by atoms with Crippen molar-refractivity contribution in [1.82, 2.24) is 4.98 Å². The summed E-state index contributed by atoms with van der Waals surface area (Å²) in [5.74, 6) is -1.56. The third-order valence-electron chi connectivity index (χ3n) is 3.16. The molecule has 2 aromatic carbocycles. The van der Waals surface area contributed by atoms with Crippen LogP contribution in [-0.2, 0) is 0 Å². The number of carboxylic acids is 1. The van der Waals surface area contributed by atoms with Crippen LogP contribution in [0.25, 0.3) is 11.5 Å². The Morgan fingerprint density at radius 3 is 2.71 bits per heavy atom. The highest BCUT2D eigenvalue weighted by Crippen LogP contribution is 2.26. The fourth-order valence-electron chi connectivity index (χ4n) is 2.03. The van der Waals surface area contributed by atoms with Crippen molar-refractivity contribution in [2.75, 3.05) is 0 Å². The molecular weight excluding hydrogens is 376 g/mol. The molecule has 0 saturated heterocycles. The second-order valence-electron chi connectivity index (χ2n) is 4.78. The van der Waals surface area contributed by atoms with Crippen LogP contribution in [0.3, 0.4) is 0 Å². The largest absolute Gasteiger partial charge is 0.562 e. The van der Waals surface area contributed by atoms with Gasteiger partial charge in [0.1, 0.15) is 11.6 Å². The second kappa shape index (κ2) is 6.67. The fourth-order valence-corrected chi connectivity index (χ4v) is 2.39. The van der Waals surface area contributed by atoms with Crippen molar-refractivity contribution in [3.8, 4) is 17.4 Å². The minimum atomic E-state index is -1.11. The summed E-state index contributed by atoms with van der Waals surface area (Å²) < 4.78 is 5.73. The number of halogens is 1. The van der Waals surface area contributed by atoms with Crippen LogP contribution in [0, 0.1) is 0 Å². The number of hydrogen-bond acceptors (Lipinski definition) is 5. The normalized spacial score (nSPS) is 11.0. The zero-order valence-corrected chi connectivity index (χ0v) is 13.7. The molecule has 24 heavy (non-hydrogen) atoms. The minimum Gasteiger partial charge on any atom is -0.562 e. The number of aliphatic imine (C=N–C) groups is 1. The van der Waals surface area contributed by atoms with E-state index in [9.17, 15) is 15.0 Å². The molecule has 6 nitrogen and oxygen atoms in total. The second-order valence-corrected chi connectivity index (χ2v) is 5.70. The van der Waals surface area contributed by atoms with E-state index in [-0.39, 0.29) is 22.8 Å². The van der Waals surface area contributed by atoms with Crippen molar-refractivity contribution in [3.63, 3.8) is 0 Å². The summed E-state index contributed by atoms with van der Waals surface area (Å²) in [6.07, 6.45) is 1.20. The van der Waals surface area contributed by atoms with Crippen LogP contribution in [0.2, 0.25) is 0 Å². The number of benzene rings is 2. The SMILES string of the molecule is O=C(O)c1cc(Br)ccc1N=Cc1nc(-c2ccccc2)oc1[O-]. The Morgan fingerprint density at radius 1 is 1.25 bits per heavy atom. The number of rotatable bonds is 4. The Bertz CT molecular complexity index is 920. The molecule has 120 valence electrons. The highest BCUT2D eigenvalue weighted by molar-refractivity contribution is 9.10. The number of carbonyl (C=O) groups is 1. The first-order valence-electron chi connectivity index (χ1n) is 6.85. The lowest BCUT2D eigenvalue weighted by molar-refractivity contribution is -0.293. The van der Waals surface area contributed by atoms with E-state index in [4.69, 9.17) is 4.42 Å². The lowest BCUT2D eigenvalue weighted by atomic mass is 10.2. The van der Waals surface area contributed by atoms with Gasteiger partial charge in [0.25, 0.3) is 0 Å². The molecule has 1 aromatic heterocycles. The maximum Gasteiger partial charge on any atom is 0.337 e. The monoisotopic (exact) mass is 385 g/mol. The molecule has 0 aliphatic carbocycles.